The van der Waals surface area contributed by atoms with Crippen LogP contribution in [0.5, 0.6) is 0 Å². The second-order valence-corrected chi connectivity index (χ2v) is 3.39. The monoisotopic (exact) mass is 240 g/mol. The summed E-state index contributed by atoms with van der Waals surface area (Å²) >= 11 is 0. The Morgan fingerprint density at radius 2 is 2.29 bits per heavy atom. The van der Waals surface area contributed by atoms with Crippen molar-refractivity contribution < 1.29 is 18.3 Å². The topological polar surface area (TPSA) is 43.6 Å². The summed E-state index contributed by atoms with van der Waals surface area (Å²) in [5.41, 5.74) is -0.256. The van der Waals surface area contributed by atoms with E-state index in [-0.39, 0.29) is 6.61 Å². The molecule has 2 aromatic heterocycles. The van der Waals surface area contributed by atoms with Gasteiger partial charge in [-0.05, 0) is 19.1 Å². The van der Waals surface area contributed by atoms with Gasteiger partial charge in [0.2, 0.25) is 0 Å². The molecule has 4 nitrogen and oxygen atoms in total. The zero-order valence-corrected chi connectivity index (χ0v) is 9.06. The molecule has 0 aliphatic rings. The number of imidazole rings is 1. The van der Waals surface area contributed by atoms with E-state index in [0.717, 1.165) is 6.20 Å². The fraction of sp³-hybridized carbons (Fsp3) is 0.273. The minimum atomic E-state index is -3.72. The van der Waals surface area contributed by atoms with Gasteiger partial charge in [-0.2, -0.15) is 8.78 Å². The van der Waals surface area contributed by atoms with Crippen molar-refractivity contribution in [1.82, 2.24) is 9.38 Å². The van der Waals surface area contributed by atoms with E-state index in [1.165, 1.54) is 11.3 Å². The van der Waals surface area contributed by atoms with E-state index < -0.39 is 17.6 Å². The van der Waals surface area contributed by atoms with Gasteiger partial charge in [0.15, 0.2) is 0 Å². The van der Waals surface area contributed by atoms with Crippen LogP contribution in [0.15, 0.2) is 30.6 Å². The maximum atomic E-state index is 13.6. The van der Waals surface area contributed by atoms with Crippen LogP contribution in [0.3, 0.4) is 0 Å². The predicted octanol–water partition coefficient (Wildman–Crippen LogP) is 1.99. The van der Waals surface area contributed by atoms with Gasteiger partial charge in [0.1, 0.15) is 11.3 Å². The van der Waals surface area contributed by atoms with Crippen LogP contribution in [0.2, 0.25) is 0 Å². The van der Waals surface area contributed by atoms with E-state index in [0.29, 0.717) is 5.65 Å². The van der Waals surface area contributed by atoms with Gasteiger partial charge in [0.05, 0.1) is 6.61 Å². The first-order chi connectivity index (χ1) is 8.05. The van der Waals surface area contributed by atoms with Gasteiger partial charge in [-0.25, -0.2) is 9.78 Å². The van der Waals surface area contributed by atoms with E-state index in [1.807, 2.05) is 0 Å². The van der Waals surface area contributed by atoms with Crippen LogP contribution in [0.25, 0.3) is 5.65 Å². The standard InChI is InChI=1S/C11H10F2N2O2/c1-2-17-10(16)11(12,13)8-7-15-6-4-3-5-9(15)14-8/h3-7H,2H2,1H3. The number of hydrogen-bond acceptors (Lipinski definition) is 3. The summed E-state index contributed by atoms with van der Waals surface area (Å²) in [5.74, 6) is -5.30. The normalized spacial score (nSPS) is 11.7. The molecule has 17 heavy (non-hydrogen) atoms. The highest BCUT2D eigenvalue weighted by Gasteiger charge is 2.45. The molecule has 0 spiro atoms. The van der Waals surface area contributed by atoms with E-state index >= 15 is 0 Å². The van der Waals surface area contributed by atoms with Crippen LogP contribution in [-0.2, 0) is 15.5 Å². The molecule has 2 aromatic rings. The second kappa shape index (κ2) is 4.12. The van der Waals surface area contributed by atoms with Gasteiger partial charge in [-0.3, -0.25) is 0 Å². The zero-order valence-electron chi connectivity index (χ0n) is 9.06. The summed E-state index contributed by atoms with van der Waals surface area (Å²) in [6, 6.07) is 4.93. The highest BCUT2D eigenvalue weighted by atomic mass is 19.3. The van der Waals surface area contributed by atoms with E-state index in [4.69, 9.17) is 0 Å². The maximum Gasteiger partial charge on any atom is 0.385 e. The van der Waals surface area contributed by atoms with Crippen molar-refractivity contribution in [3.63, 3.8) is 0 Å². The van der Waals surface area contributed by atoms with Gasteiger partial charge in [-0.1, -0.05) is 6.07 Å². The third-order valence-corrected chi connectivity index (χ3v) is 2.22. The fourth-order valence-electron chi connectivity index (χ4n) is 1.41. The number of ether oxygens (including phenoxy) is 1. The number of pyridine rings is 1. The first kappa shape index (κ1) is 11.5. The number of fused-ring (bicyclic) bond motifs is 1. The Labute approximate surface area is 95.8 Å². The largest absolute Gasteiger partial charge is 0.461 e. The Kier molecular flexibility index (Phi) is 2.79. The summed E-state index contributed by atoms with van der Waals surface area (Å²) in [6.07, 6.45) is 2.69. The Morgan fingerprint density at radius 1 is 1.53 bits per heavy atom. The van der Waals surface area contributed by atoms with Gasteiger partial charge in [-0.15, -0.1) is 0 Å². The molecular weight excluding hydrogens is 230 g/mol. The SMILES string of the molecule is CCOC(=O)C(F)(F)c1cn2ccccc2n1. The number of carbonyl (C=O) groups excluding carboxylic acids is 1. The second-order valence-electron chi connectivity index (χ2n) is 3.39. The molecular formula is C11H10F2N2O2. The number of alkyl halides is 2. The average Bonchev–Trinajstić information content (AvgIpc) is 2.73. The lowest BCUT2D eigenvalue weighted by molar-refractivity contribution is -0.173. The molecule has 0 radical (unpaired) electrons. The molecule has 0 aromatic carbocycles. The Bertz CT molecular complexity index is 518. The van der Waals surface area contributed by atoms with E-state index in [9.17, 15) is 13.6 Å². The molecule has 0 atom stereocenters. The molecule has 6 heteroatoms. The molecule has 0 aliphatic heterocycles. The Balaban J connectivity index is 2.41. The van der Waals surface area contributed by atoms with E-state index in [2.05, 4.69) is 9.72 Å². The Morgan fingerprint density at radius 3 is 2.94 bits per heavy atom. The molecule has 90 valence electrons. The summed E-state index contributed by atoms with van der Waals surface area (Å²) in [7, 11) is 0. The zero-order chi connectivity index (χ0) is 12.5. The third-order valence-electron chi connectivity index (χ3n) is 2.22. The quantitative estimate of drug-likeness (QED) is 0.770. The predicted molar refractivity (Wildman–Crippen MR) is 55.7 cm³/mol. The molecule has 0 amide bonds. The van der Waals surface area contributed by atoms with Crippen molar-refractivity contribution >= 4 is 11.6 Å². The van der Waals surface area contributed by atoms with Crippen molar-refractivity contribution in [2.24, 2.45) is 0 Å². The van der Waals surface area contributed by atoms with Crippen LogP contribution < -0.4 is 0 Å². The lowest BCUT2D eigenvalue weighted by Crippen LogP contribution is -2.28. The molecule has 0 aliphatic carbocycles. The summed E-state index contributed by atoms with van der Waals surface area (Å²) in [4.78, 5) is 14.8. The minimum absolute atomic E-state index is 0.0954. The van der Waals surface area contributed by atoms with E-state index in [1.54, 1.807) is 24.4 Å². The number of carbonyl (C=O) groups is 1. The van der Waals surface area contributed by atoms with Crippen molar-refractivity contribution in [3.8, 4) is 0 Å². The summed E-state index contributed by atoms with van der Waals surface area (Å²) < 4.78 is 33.0. The lowest BCUT2D eigenvalue weighted by Gasteiger charge is -2.11. The molecule has 0 bridgehead atoms. The smallest absolute Gasteiger partial charge is 0.385 e. The van der Waals surface area contributed by atoms with Gasteiger partial charge >= 0.3 is 11.9 Å². The van der Waals surface area contributed by atoms with Crippen LogP contribution in [-0.4, -0.2) is 22.0 Å². The first-order valence-corrected chi connectivity index (χ1v) is 5.05. The number of hydrogen-bond donors (Lipinski definition) is 0. The van der Waals surface area contributed by atoms with Crippen LogP contribution in [0.1, 0.15) is 12.6 Å². The molecule has 2 heterocycles. The molecule has 0 unspecified atom stereocenters. The lowest BCUT2D eigenvalue weighted by atomic mass is 10.2. The van der Waals surface area contributed by atoms with Crippen LogP contribution in [0, 0.1) is 0 Å². The van der Waals surface area contributed by atoms with Crippen molar-refractivity contribution in [2.45, 2.75) is 12.8 Å². The van der Waals surface area contributed by atoms with Gasteiger partial charge in [0.25, 0.3) is 0 Å². The highest BCUT2D eigenvalue weighted by Crippen LogP contribution is 2.28. The summed E-state index contributed by atoms with van der Waals surface area (Å²) in [6.45, 7) is 1.37. The molecule has 0 fully saturated rings. The molecule has 0 N–H and O–H groups in total. The van der Waals surface area contributed by atoms with Crippen LogP contribution >= 0.6 is 0 Å². The number of nitrogens with zero attached hydrogens (tertiary/aromatic N) is 2. The number of halogens is 2. The molecule has 0 saturated heterocycles. The van der Waals surface area contributed by atoms with Crippen molar-refractivity contribution in [2.75, 3.05) is 6.61 Å². The third kappa shape index (κ3) is 1.98. The minimum Gasteiger partial charge on any atom is -0.461 e. The van der Waals surface area contributed by atoms with Crippen molar-refractivity contribution in [3.05, 3.63) is 36.3 Å². The highest BCUT2D eigenvalue weighted by molar-refractivity contribution is 5.79. The van der Waals surface area contributed by atoms with Crippen LogP contribution in [0.4, 0.5) is 8.78 Å². The maximum absolute atomic E-state index is 13.6. The molecule has 0 saturated carbocycles. The number of esters is 1. The Hall–Kier alpha value is -1.98. The number of aromatic nitrogens is 2. The van der Waals surface area contributed by atoms with Gasteiger partial charge < -0.3 is 9.14 Å². The summed E-state index contributed by atoms with van der Waals surface area (Å²) in [5, 5.41) is 0. The van der Waals surface area contributed by atoms with Gasteiger partial charge in [0, 0.05) is 12.4 Å². The van der Waals surface area contributed by atoms with Crippen molar-refractivity contribution in [1.29, 1.82) is 0 Å². The fourth-order valence-corrected chi connectivity index (χ4v) is 1.41. The number of rotatable bonds is 3. The first-order valence-electron chi connectivity index (χ1n) is 5.05. The molecule has 2 rings (SSSR count). The average molecular weight is 240 g/mol.